The van der Waals surface area contributed by atoms with Crippen molar-refractivity contribution in [3.8, 4) is 0 Å². The van der Waals surface area contributed by atoms with Crippen LogP contribution >= 0.6 is 0 Å². The summed E-state index contributed by atoms with van der Waals surface area (Å²) in [5.41, 5.74) is 4.91. The molecule has 4 heteroatoms. The maximum Gasteiger partial charge on any atom is 0.163 e. The Kier molecular flexibility index (Phi) is 3.82. The second kappa shape index (κ2) is 6.47. The molecule has 0 bridgehead atoms. The molecule has 2 heterocycles. The van der Waals surface area contributed by atoms with Crippen LogP contribution in [0.3, 0.4) is 0 Å². The van der Waals surface area contributed by atoms with Gasteiger partial charge in [-0.25, -0.2) is 0 Å². The molecular weight excluding hydrogens is 336 g/mol. The molecule has 2 aromatic carbocycles. The maximum absolute atomic E-state index is 13.2. The van der Waals surface area contributed by atoms with Crippen molar-refractivity contribution in [3.63, 3.8) is 0 Å². The largest absolute Gasteiger partial charge is 0.469 e. The number of hydrogen-bond donors (Lipinski definition) is 2. The minimum atomic E-state index is -0.164. The van der Waals surface area contributed by atoms with Crippen LogP contribution in [0.25, 0.3) is 0 Å². The van der Waals surface area contributed by atoms with Gasteiger partial charge in [0.25, 0.3) is 0 Å². The van der Waals surface area contributed by atoms with Gasteiger partial charge in [-0.1, -0.05) is 42.5 Å². The molecule has 1 aliphatic carbocycles. The average Bonchev–Trinajstić information content (AvgIpc) is 3.17. The number of ketones is 1. The molecule has 0 amide bonds. The quantitative estimate of drug-likeness (QED) is 0.658. The molecule has 134 valence electrons. The lowest BCUT2D eigenvalue weighted by molar-refractivity contribution is -0.116. The van der Waals surface area contributed by atoms with E-state index in [1.807, 2.05) is 54.6 Å². The number of furan rings is 1. The topological polar surface area (TPSA) is 54.3 Å². The summed E-state index contributed by atoms with van der Waals surface area (Å²) in [6.45, 7) is 0. The van der Waals surface area contributed by atoms with E-state index < -0.39 is 0 Å². The molecule has 0 radical (unpaired) electrons. The summed E-state index contributed by atoms with van der Waals surface area (Å²) in [5, 5.41) is 7.13. The molecular formula is C23H20N2O2. The molecule has 1 aromatic heterocycles. The maximum atomic E-state index is 13.2. The zero-order valence-electron chi connectivity index (χ0n) is 14.8. The van der Waals surface area contributed by atoms with Gasteiger partial charge >= 0.3 is 0 Å². The van der Waals surface area contributed by atoms with E-state index in [4.69, 9.17) is 4.42 Å². The highest BCUT2D eigenvalue weighted by atomic mass is 16.3. The lowest BCUT2D eigenvalue weighted by Crippen LogP contribution is -2.26. The van der Waals surface area contributed by atoms with Gasteiger partial charge in [-0.15, -0.1) is 0 Å². The standard InChI is InChI=1S/C23H20N2O2/c26-20-14-16(21-11-6-12-27-21)13-19-22(20)23(15-7-2-1-3-8-15)25-18-10-5-4-9-17(18)24-19/h1-12,16,23-25H,13-14H2/t16-,23-/m0/s1. The van der Waals surface area contributed by atoms with Crippen molar-refractivity contribution >= 4 is 17.2 Å². The molecule has 2 N–H and O–H groups in total. The van der Waals surface area contributed by atoms with Crippen molar-refractivity contribution in [2.24, 2.45) is 0 Å². The number of anilines is 2. The number of nitrogens with one attached hydrogen (secondary N) is 2. The van der Waals surface area contributed by atoms with Crippen LogP contribution in [0.15, 0.2) is 88.7 Å². The Labute approximate surface area is 157 Å². The van der Waals surface area contributed by atoms with Crippen LogP contribution in [0.1, 0.15) is 36.1 Å². The third-order valence-electron chi connectivity index (χ3n) is 5.39. The number of rotatable bonds is 2. The highest BCUT2D eigenvalue weighted by molar-refractivity contribution is 6.01. The Morgan fingerprint density at radius 3 is 2.41 bits per heavy atom. The Morgan fingerprint density at radius 1 is 0.852 bits per heavy atom. The molecule has 0 saturated carbocycles. The van der Waals surface area contributed by atoms with Gasteiger partial charge in [-0.2, -0.15) is 0 Å². The van der Waals surface area contributed by atoms with E-state index in [0.29, 0.717) is 6.42 Å². The molecule has 0 unspecified atom stereocenters. The molecule has 2 atom stereocenters. The fourth-order valence-corrected chi connectivity index (χ4v) is 4.11. The van der Waals surface area contributed by atoms with E-state index in [9.17, 15) is 4.79 Å². The predicted octanol–water partition coefficient (Wildman–Crippen LogP) is 5.26. The van der Waals surface area contributed by atoms with Crippen molar-refractivity contribution in [2.75, 3.05) is 10.6 Å². The summed E-state index contributed by atoms with van der Waals surface area (Å²) in [6.07, 6.45) is 2.90. The van der Waals surface area contributed by atoms with Crippen molar-refractivity contribution < 1.29 is 9.21 Å². The summed E-state index contributed by atoms with van der Waals surface area (Å²) in [4.78, 5) is 13.2. The summed E-state index contributed by atoms with van der Waals surface area (Å²) in [7, 11) is 0. The van der Waals surface area contributed by atoms with E-state index in [1.165, 1.54) is 0 Å². The number of carbonyl (C=O) groups is 1. The molecule has 0 fully saturated rings. The van der Waals surface area contributed by atoms with Gasteiger partial charge in [-0.3, -0.25) is 4.79 Å². The van der Waals surface area contributed by atoms with Gasteiger partial charge in [0.05, 0.1) is 23.7 Å². The van der Waals surface area contributed by atoms with Gasteiger partial charge in [0, 0.05) is 23.6 Å². The van der Waals surface area contributed by atoms with Crippen LogP contribution in [0.2, 0.25) is 0 Å². The van der Waals surface area contributed by atoms with Crippen LogP contribution in [-0.2, 0) is 4.79 Å². The molecule has 3 aromatic rings. The van der Waals surface area contributed by atoms with Crippen LogP contribution in [0.4, 0.5) is 11.4 Å². The molecule has 2 aliphatic rings. The van der Waals surface area contributed by atoms with E-state index in [2.05, 4.69) is 22.8 Å². The highest BCUT2D eigenvalue weighted by Gasteiger charge is 2.36. The molecule has 1 aliphatic heterocycles. The zero-order valence-corrected chi connectivity index (χ0v) is 14.8. The van der Waals surface area contributed by atoms with E-state index in [1.54, 1.807) is 6.26 Å². The smallest absolute Gasteiger partial charge is 0.163 e. The average molecular weight is 356 g/mol. The van der Waals surface area contributed by atoms with Gasteiger partial charge in [0.15, 0.2) is 5.78 Å². The first-order chi connectivity index (χ1) is 13.3. The van der Waals surface area contributed by atoms with Crippen LogP contribution in [0.5, 0.6) is 0 Å². The summed E-state index contributed by atoms with van der Waals surface area (Å²) < 4.78 is 5.60. The number of benzene rings is 2. The fraction of sp³-hybridized carbons (Fsp3) is 0.174. The number of carbonyl (C=O) groups excluding carboxylic acids is 1. The second-order valence-electron chi connectivity index (χ2n) is 7.09. The van der Waals surface area contributed by atoms with Gasteiger partial charge < -0.3 is 15.1 Å². The first-order valence-corrected chi connectivity index (χ1v) is 9.27. The number of Topliss-reactive ketones (excluding diaryl/α,β-unsaturated/α-hetero) is 1. The van der Waals surface area contributed by atoms with Crippen LogP contribution < -0.4 is 10.6 Å². The minimum absolute atomic E-state index is 0.0698. The van der Waals surface area contributed by atoms with Gasteiger partial charge in [0.2, 0.25) is 0 Å². The molecule has 4 nitrogen and oxygen atoms in total. The molecule has 27 heavy (non-hydrogen) atoms. The number of para-hydroxylation sites is 2. The van der Waals surface area contributed by atoms with Crippen molar-refractivity contribution in [1.82, 2.24) is 0 Å². The third-order valence-corrected chi connectivity index (χ3v) is 5.39. The summed E-state index contributed by atoms with van der Waals surface area (Å²) in [6, 6.07) is 21.9. The fourth-order valence-electron chi connectivity index (χ4n) is 4.11. The highest BCUT2D eigenvalue weighted by Crippen LogP contribution is 2.44. The van der Waals surface area contributed by atoms with Crippen LogP contribution in [-0.4, -0.2) is 5.78 Å². The molecule has 5 rings (SSSR count). The predicted molar refractivity (Wildman–Crippen MR) is 106 cm³/mol. The SMILES string of the molecule is O=C1C[C@@H](c2ccco2)CC2=C1[C@H](c1ccccc1)Nc1ccccc1N2. The zero-order chi connectivity index (χ0) is 18.2. The van der Waals surface area contributed by atoms with Crippen LogP contribution in [0, 0.1) is 0 Å². The first-order valence-electron chi connectivity index (χ1n) is 9.27. The second-order valence-corrected chi connectivity index (χ2v) is 7.09. The lowest BCUT2D eigenvalue weighted by atomic mass is 9.80. The van der Waals surface area contributed by atoms with E-state index in [0.717, 1.165) is 40.4 Å². The van der Waals surface area contributed by atoms with E-state index in [-0.39, 0.29) is 17.7 Å². The number of hydrogen-bond acceptors (Lipinski definition) is 4. The summed E-state index contributed by atoms with van der Waals surface area (Å²) in [5.74, 6) is 1.11. The third kappa shape index (κ3) is 2.83. The Bertz CT molecular complexity index is 1010. The number of allylic oxidation sites excluding steroid dienone is 1. The molecule has 0 saturated heterocycles. The normalized spacial score (nSPS) is 21.6. The van der Waals surface area contributed by atoms with Gasteiger partial charge in [-0.05, 0) is 36.2 Å². The Balaban J connectivity index is 1.63. The first kappa shape index (κ1) is 15.9. The van der Waals surface area contributed by atoms with Crippen molar-refractivity contribution in [1.29, 1.82) is 0 Å². The lowest BCUT2D eigenvalue weighted by Gasteiger charge is -2.28. The monoisotopic (exact) mass is 356 g/mol. The van der Waals surface area contributed by atoms with Gasteiger partial charge in [0.1, 0.15) is 5.76 Å². The number of fused-ring (bicyclic) bond motifs is 1. The Morgan fingerprint density at radius 2 is 1.63 bits per heavy atom. The van der Waals surface area contributed by atoms with E-state index >= 15 is 0 Å². The Hall–Kier alpha value is -3.27. The summed E-state index contributed by atoms with van der Waals surface area (Å²) >= 11 is 0. The van der Waals surface area contributed by atoms with Crippen molar-refractivity contribution in [2.45, 2.75) is 24.8 Å². The molecule has 0 spiro atoms. The van der Waals surface area contributed by atoms with Crippen molar-refractivity contribution in [3.05, 3.63) is 95.6 Å². The minimum Gasteiger partial charge on any atom is -0.469 e.